The zero-order valence-electron chi connectivity index (χ0n) is 21.9. The fourth-order valence-electron chi connectivity index (χ4n) is 7.08. The summed E-state index contributed by atoms with van der Waals surface area (Å²) >= 11 is 0. The SMILES string of the molecule is c1ccc(-n2c3ccccc3c3cc4c(cc32)Cc2cc3c(cc2-4)c2cnccc2n2c4ncccc4nc32)cc1. The Morgan fingerprint density at radius 3 is 2.32 bits per heavy atom. The highest BCUT2D eigenvalue weighted by Gasteiger charge is 2.25. The highest BCUT2D eigenvalue weighted by Crippen LogP contribution is 2.45. The second kappa shape index (κ2) is 7.55. The Bertz CT molecular complexity index is 2550. The van der Waals surface area contributed by atoms with Gasteiger partial charge in [0.25, 0.3) is 0 Å². The van der Waals surface area contributed by atoms with E-state index in [-0.39, 0.29) is 0 Å². The van der Waals surface area contributed by atoms with E-state index in [1.807, 2.05) is 30.7 Å². The third kappa shape index (κ3) is 2.72. The van der Waals surface area contributed by atoms with Gasteiger partial charge >= 0.3 is 0 Å². The number of fused-ring (bicyclic) bond motifs is 14. The zero-order chi connectivity index (χ0) is 26.7. The van der Waals surface area contributed by atoms with E-state index < -0.39 is 0 Å². The second-order valence-electron chi connectivity index (χ2n) is 11.0. The first kappa shape index (κ1) is 21.3. The second-order valence-corrected chi connectivity index (χ2v) is 11.0. The lowest BCUT2D eigenvalue weighted by Gasteiger charge is -2.11. The molecule has 5 heterocycles. The molecular formula is C36H21N5. The van der Waals surface area contributed by atoms with Crippen LogP contribution in [0, 0.1) is 0 Å². The summed E-state index contributed by atoms with van der Waals surface area (Å²) in [5, 5.41) is 5.98. The van der Waals surface area contributed by atoms with Gasteiger partial charge in [0.05, 0.1) is 16.6 Å². The molecule has 0 spiro atoms. The first-order valence-electron chi connectivity index (χ1n) is 13.9. The van der Waals surface area contributed by atoms with E-state index in [4.69, 9.17) is 9.97 Å². The van der Waals surface area contributed by atoms with Gasteiger partial charge in [-0.1, -0.05) is 36.4 Å². The molecule has 1 aliphatic rings. The van der Waals surface area contributed by atoms with E-state index in [1.165, 1.54) is 55.1 Å². The minimum atomic E-state index is 0.875. The number of imidazole rings is 1. The summed E-state index contributed by atoms with van der Waals surface area (Å²) in [7, 11) is 0. The van der Waals surface area contributed by atoms with Gasteiger partial charge in [0.15, 0.2) is 5.65 Å². The lowest BCUT2D eigenvalue weighted by atomic mass is 9.98. The summed E-state index contributed by atoms with van der Waals surface area (Å²) < 4.78 is 4.59. The summed E-state index contributed by atoms with van der Waals surface area (Å²) in [6.45, 7) is 0. The molecule has 0 N–H and O–H groups in total. The van der Waals surface area contributed by atoms with Gasteiger partial charge in [-0.2, -0.15) is 0 Å². The number of benzene rings is 4. The number of pyridine rings is 3. The van der Waals surface area contributed by atoms with Gasteiger partial charge in [0.2, 0.25) is 0 Å². The van der Waals surface area contributed by atoms with Crippen molar-refractivity contribution in [2.45, 2.75) is 6.42 Å². The normalized spacial score (nSPS) is 12.8. The van der Waals surface area contributed by atoms with Crippen LogP contribution in [-0.2, 0) is 6.42 Å². The predicted octanol–water partition coefficient (Wildman–Crippen LogP) is 8.25. The van der Waals surface area contributed by atoms with Gasteiger partial charge in [0.1, 0.15) is 11.2 Å². The Labute approximate surface area is 234 Å². The van der Waals surface area contributed by atoms with Gasteiger partial charge in [-0.3, -0.25) is 9.38 Å². The minimum absolute atomic E-state index is 0.875. The summed E-state index contributed by atoms with van der Waals surface area (Å²) in [5.41, 5.74) is 12.8. The maximum absolute atomic E-state index is 5.06. The number of aromatic nitrogens is 5. The lowest BCUT2D eigenvalue weighted by Crippen LogP contribution is -1.94. The van der Waals surface area contributed by atoms with Crippen molar-refractivity contribution in [2.75, 3.05) is 0 Å². The maximum atomic E-state index is 5.06. The van der Waals surface area contributed by atoms with Crippen LogP contribution in [0.4, 0.5) is 0 Å². The van der Waals surface area contributed by atoms with E-state index in [2.05, 4.69) is 98.9 Å². The Morgan fingerprint density at radius 1 is 0.561 bits per heavy atom. The van der Waals surface area contributed by atoms with Crippen LogP contribution in [0.2, 0.25) is 0 Å². The van der Waals surface area contributed by atoms with Gasteiger partial charge in [-0.15, -0.1) is 0 Å². The summed E-state index contributed by atoms with van der Waals surface area (Å²) in [6.07, 6.45) is 6.56. The number of hydrogen-bond donors (Lipinski definition) is 0. The van der Waals surface area contributed by atoms with Crippen LogP contribution in [0.3, 0.4) is 0 Å². The third-order valence-corrected chi connectivity index (χ3v) is 8.81. The lowest BCUT2D eigenvalue weighted by molar-refractivity contribution is 1.17. The molecule has 41 heavy (non-hydrogen) atoms. The molecule has 9 aromatic rings. The molecule has 0 fully saturated rings. The van der Waals surface area contributed by atoms with Crippen molar-refractivity contribution in [2.24, 2.45) is 0 Å². The Kier molecular flexibility index (Phi) is 3.92. The van der Waals surface area contributed by atoms with Crippen molar-refractivity contribution in [3.8, 4) is 16.8 Å². The molecule has 0 saturated carbocycles. The van der Waals surface area contributed by atoms with Crippen LogP contribution >= 0.6 is 0 Å². The number of hydrogen-bond acceptors (Lipinski definition) is 3. The Hall–Kier alpha value is -5.55. The molecule has 0 amide bonds. The summed E-state index contributed by atoms with van der Waals surface area (Å²) in [5.74, 6) is 0. The van der Waals surface area contributed by atoms with Crippen LogP contribution in [0.25, 0.3) is 77.1 Å². The standard InChI is InChI=1S/C36H21N5/c1-2-7-23(8-3-1)40-32-11-5-4-9-24(32)28-19-26-22(17-34(28)40)15-21-16-29-27(18-25(21)26)30-20-37-14-12-33(30)41-35(29)39-31-10-6-13-38-36(31)41/h1-14,16-20H,15H2. The monoisotopic (exact) mass is 523 g/mol. The molecule has 0 aliphatic heterocycles. The van der Waals surface area contributed by atoms with E-state index in [0.717, 1.165) is 39.5 Å². The fraction of sp³-hybridized carbons (Fsp3) is 0.0278. The van der Waals surface area contributed by atoms with Crippen LogP contribution in [0.15, 0.2) is 116 Å². The molecule has 0 saturated heterocycles. The molecule has 0 radical (unpaired) electrons. The topological polar surface area (TPSA) is 48.0 Å². The molecule has 5 heteroatoms. The van der Waals surface area contributed by atoms with Gasteiger partial charge in [-0.25, -0.2) is 9.97 Å². The van der Waals surface area contributed by atoms with Crippen molar-refractivity contribution in [1.29, 1.82) is 0 Å². The molecular weight excluding hydrogens is 502 g/mol. The molecule has 5 nitrogen and oxygen atoms in total. The van der Waals surface area contributed by atoms with Crippen LogP contribution in [0.1, 0.15) is 11.1 Å². The Morgan fingerprint density at radius 2 is 1.39 bits per heavy atom. The van der Waals surface area contributed by atoms with Crippen LogP contribution in [-0.4, -0.2) is 23.9 Å². The molecule has 1 aliphatic carbocycles. The van der Waals surface area contributed by atoms with E-state index in [0.29, 0.717) is 0 Å². The number of nitrogens with zero attached hydrogens (tertiary/aromatic N) is 5. The molecule has 0 atom stereocenters. The van der Waals surface area contributed by atoms with Gasteiger partial charge < -0.3 is 4.57 Å². The average molecular weight is 524 g/mol. The smallest absolute Gasteiger partial charge is 0.164 e. The fourth-order valence-corrected chi connectivity index (χ4v) is 7.08. The quantitative estimate of drug-likeness (QED) is 0.204. The summed E-state index contributed by atoms with van der Waals surface area (Å²) in [6, 6.07) is 35.0. The van der Waals surface area contributed by atoms with Crippen molar-refractivity contribution in [3.63, 3.8) is 0 Å². The number of rotatable bonds is 1. The molecule has 5 aromatic heterocycles. The van der Waals surface area contributed by atoms with Crippen molar-refractivity contribution in [3.05, 3.63) is 127 Å². The molecule has 10 rings (SSSR count). The van der Waals surface area contributed by atoms with E-state index >= 15 is 0 Å². The highest BCUT2D eigenvalue weighted by molar-refractivity contribution is 6.16. The molecule has 190 valence electrons. The first-order valence-corrected chi connectivity index (χ1v) is 13.9. The van der Waals surface area contributed by atoms with Crippen LogP contribution < -0.4 is 0 Å². The maximum Gasteiger partial charge on any atom is 0.164 e. The Balaban J connectivity index is 1.30. The highest BCUT2D eigenvalue weighted by atomic mass is 15.1. The summed E-state index contributed by atoms with van der Waals surface area (Å²) in [4.78, 5) is 14.3. The van der Waals surface area contributed by atoms with E-state index in [1.54, 1.807) is 0 Å². The molecule has 4 aromatic carbocycles. The predicted molar refractivity (Wildman–Crippen MR) is 166 cm³/mol. The minimum Gasteiger partial charge on any atom is -0.309 e. The largest absolute Gasteiger partial charge is 0.309 e. The van der Waals surface area contributed by atoms with Crippen molar-refractivity contribution >= 4 is 60.3 Å². The van der Waals surface area contributed by atoms with Gasteiger partial charge in [-0.05, 0) is 94.7 Å². The molecule has 0 bridgehead atoms. The number of para-hydroxylation sites is 2. The molecule has 0 unspecified atom stereocenters. The van der Waals surface area contributed by atoms with Crippen LogP contribution in [0.5, 0.6) is 0 Å². The van der Waals surface area contributed by atoms with Crippen molar-refractivity contribution in [1.82, 2.24) is 23.9 Å². The zero-order valence-corrected chi connectivity index (χ0v) is 21.9. The average Bonchev–Trinajstić information content (AvgIpc) is 3.69. The van der Waals surface area contributed by atoms with Gasteiger partial charge in [0, 0.05) is 45.8 Å². The first-order chi connectivity index (χ1) is 20.3. The van der Waals surface area contributed by atoms with E-state index in [9.17, 15) is 0 Å². The third-order valence-electron chi connectivity index (χ3n) is 8.81. The van der Waals surface area contributed by atoms with Crippen molar-refractivity contribution < 1.29 is 0 Å².